The smallest absolute Gasteiger partial charge is 0.175 e. The molecule has 2 rings (SSSR count). The van der Waals surface area contributed by atoms with E-state index in [1.54, 1.807) is 12.1 Å². The van der Waals surface area contributed by atoms with Crippen LogP contribution in [0.15, 0.2) is 53.4 Å². The maximum Gasteiger partial charge on any atom is 0.175 e. The van der Waals surface area contributed by atoms with E-state index in [1.165, 1.54) is 6.26 Å². The number of nitrogen functional groups attached to an aromatic ring is 1. The summed E-state index contributed by atoms with van der Waals surface area (Å²) < 4.78 is 22.8. The lowest BCUT2D eigenvalue weighted by molar-refractivity contribution is 0.602. The molecule has 0 heterocycles. The van der Waals surface area contributed by atoms with E-state index >= 15 is 0 Å². The number of hydrogen-bond acceptors (Lipinski definition) is 4. The average Bonchev–Trinajstić information content (AvgIpc) is 2.40. The summed E-state index contributed by atoms with van der Waals surface area (Å²) in [6, 6.07) is 14.6. The number of nitrogens with two attached hydrogens (primary N) is 1. The van der Waals surface area contributed by atoms with Crippen molar-refractivity contribution in [3.8, 4) is 0 Å². The lowest BCUT2D eigenvalue weighted by atomic mass is 10.2. The molecule has 2 aromatic rings. The SMILES string of the molecule is CN(Cc1ccc(N)cc1)c1ccc(S(C)(=O)=O)cc1. The molecule has 0 aliphatic heterocycles. The standard InChI is InChI=1S/C15H18N2O2S/c1-17(11-12-3-5-13(16)6-4-12)14-7-9-15(10-8-14)20(2,18)19/h3-10H,11,16H2,1-2H3. The predicted octanol–water partition coefficient (Wildman–Crippen LogP) is 2.31. The topological polar surface area (TPSA) is 63.4 Å². The van der Waals surface area contributed by atoms with Gasteiger partial charge in [-0.3, -0.25) is 0 Å². The summed E-state index contributed by atoms with van der Waals surface area (Å²) in [7, 11) is -1.18. The van der Waals surface area contributed by atoms with Crippen molar-refractivity contribution in [2.24, 2.45) is 0 Å². The molecular weight excluding hydrogens is 272 g/mol. The lowest BCUT2D eigenvalue weighted by Crippen LogP contribution is -2.16. The van der Waals surface area contributed by atoms with Crippen molar-refractivity contribution in [3.63, 3.8) is 0 Å². The molecule has 2 N–H and O–H groups in total. The zero-order valence-electron chi connectivity index (χ0n) is 11.6. The molecule has 0 unspecified atom stereocenters. The van der Waals surface area contributed by atoms with Gasteiger partial charge in [0.2, 0.25) is 0 Å². The van der Waals surface area contributed by atoms with Crippen molar-refractivity contribution in [1.29, 1.82) is 0 Å². The van der Waals surface area contributed by atoms with Crippen LogP contribution < -0.4 is 10.6 Å². The molecule has 106 valence electrons. The maximum absolute atomic E-state index is 11.4. The zero-order chi connectivity index (χ0) is 14.8. The van der Waals surface area contributed by atoms with Gasteiger partial charge < -0.3 is 10.6 Å². The van der Waals surface area contributed by atoms with Gasteiger partial charge in [0.25, 0.3) is 0 Å². The van der Waals surface area contributed by atoms with Crippen LogP contribution >= 0.6 is 0 Å². The summed E-state index contributed by atoms with van der Waals surface area (Å²) >= 11 is 0. The van der Waals surface area contributed by atoms with Crippen LogP contribution in [0, 0.1) is 0 Å². The molecule has 2 aromatic carbocycles. The summed E-state index contributed by atoms with van der Waals surface area (Å²) in [5, 5.41) is 0. The Balaban J connectivity index is 2.13. The van der Waals surface area contributed by atoms with E-state index in [-0.39, 0.29) is 0 Å². The first kappa shape index (κ1) is 14.4. The molecule has 0 saturated carbocycles. The van der Waals surface area contributed by atoms with E-state index in [2.05, 4.69) is 4.90 Å². The van der Waals surface area contributed by atoms with Crippen molar-refractivity contribution >= 4 is 21.2 Å². The number of rotatable bonds is 4. The molecular formula is C15H18N2O2S. The van der Waals surface area contributed by atoms with Crippen molar-refractivity contribution in [2.45, 2.75) is 11.4 Å². The summed E-state index contributed by atoms with van der Waals surface area (Å²) in [6.07, 6.45) is 1.21. The van der Waals surface area contributed by atoms with Gasteiger partial charge in [0, 0.05) is 31.2 Å². The van der Waals surface area contributed by atoms with Crippen molar-refractivity contribution < 1.29 is 8.42 Å². The fraction of sp³-hybridized carbons (Fsp3) is 0.200. The van der Waals surface area contributed by atoms with Crippen LogP contribution in [-0.2, 0) is 16.4 Å². The van der Waals surface area contributed by atoms with Crippen LogP contribution in [0.5, 0.6) is 0 Å². The van der Waals surface area contributed by atoms with Crippen LogP contribution in [0.4, 0.5) is 11.4 Å². The Morgan fingerprint density at radius 2 is 1.55 bits per heavy atom. The first-order chi connectivity index (χ1) is 9.36. The molecule has 0 aromatic heterocycles. The fourth-order valence-electron chi connectivity index (χ4n) is 1.94. The van der Waals surface area contributed by atoms with E-state index in [1.807, 2.05) is 43.4 Å². The largest absolute Gasteiger partial charge is 0.399 e. The Hall–Kier alpha value is -2.01. The van der Waals surface area contributed by atoms with E-state index < -0.39 is 9.84 Å². The van der Waals surface area contributed by atoms with E-state index in [0.29, 0.717) is 4.90 Å². The van der Waals surface area contributed by atoms with Crippen LogP contribution in [0.3, 0.4) is 0 Å². The molecule has 0 fully saturated rings. The third-order valence-electron chi connectivity index (χ3n) is 3.11. The van der Waals surface area contributed by atoms with Gasteiger partial charge in [-0.1, -0.05) is 12.1 Å². The first-order valence-electron chi connectivity index (χ1n) is 6.22. The fourth-order valence-corrected chi connectivity index (χ4v) is 2.57. The molecule has 0 amide bonds. The van der Waals surface area contributed by atoms with Gasteiger partial charge in [0.15, 0.2) is 9.84 Å². The van der Waals surface area contributed by atoms with E-state index in [9.17, 15) is 8.42 Å². The molecule has 5 heteroatoms. The van der Waals surface area contributed by atoms with Gasteiger partial charge in [-0.15, -0.1) is 0 Å². The van der Waals surface area contributed by atoms with Gasteiger partial charge in [-0.2, -0.15) is 0 Å². The maximum atomic E-state index is 11.4. The monoisotopic (exact) mass is 290 g/mol. The van der Waals surface area contributed by atoms with Crippen LogP contribution in [0.2, 0.25) is 0 Å². The number of hydrogen-bond donors (Lipinski definition) is 1. The second kappa shape index (κ2) is 5.54. The highest BCUT2D eigenvalue weighted by molar-refractivity contribution is 7.90. The molecule has 0 atom stereocenters. The van der Waals surface area contributed by atoms with Gasteiger partial charge in [0.05, 0.1) is 4.90 Å². The molecule has 0 aliphatic rings. The Labute approximate surface area is 119 Å². The zero-order valence-corrected chi connectivity index (χ0v) is 12.4. The summed E-state index contributed by atoms with van der Waals surface area (Å²) in [5.74, 6) is 0. The molecule has 0 aliphatic carbocycles. The highest BCUT2D eigenvalue weighted by Gasteiger charge is 2.08. The van der Waals surface area contributed by atoms with Gasteiger partial charge >= 0.3 is 0 Å². The third-order valence-corrected chi connectivity index (χ3v) is 4.23. The number of anilines is 2. The summed E-state index contributed by atoms with van der Waals surface area (Å²) in [5.41, 5.74) is 8.51. The summed E-state index contributed by atoms with van der Waals surface area (Å²) in [6.45, 7) is 0.735. The summed E-state index contributed by atoms with van der Waals surface area (Å²) in [4.78, 5) is 2.39. The molecule has 0 bridgehead atoms. The van der Waals surface area contributed by atoms with Crippen LogP contribution in [0.1, 0.15) is 5.56 Å². The highest BCUT2D eigenvalue weighted by atomic mass is 32.2. The number of sulfone groups is 1. The third kappa shape index (κ3) is 3.51. The van der Waals surface area contributed by atoms with Gasteiger partial charge in [-0.25, -0.2) is 8.42 Å². The highest BCUT2D eigenvalue weighted by Crippen LogP contribution is 2.19. The molecule has 0 spiro atoms. The minimum absolute atomic E-state index is 0.335. The first-order valence-corrected chi connectivity index (χ1v) is 8.11. The minimum atomic E-state index is -3.14. The Bertz CT molecular complexity index is 677. The molecule has 4 nitrogen and oxygen atoms in total. The molecule has 20 heavy (non-hydrogen) atoms. The van der Waals surface area contributed by atoms with Gasteiger partial charge in [0.1, 0.15) is 0 Å². The number of benzene rings is 2. The minimum Gasteiger partial charge on any atom is -0.399 e. The number of nitrogens with zero attached hydrogens (tertiary/aromatic N) is 1. The van der Waals surface area contributed by atoms with E-state index in [4.69, 9.17) is 5.73 Å². The van der Waals surface area contributed by atoms with Crippen LogP contribution in [0.25, 0.3) is 0 Å². The predicted molar refractivity (Wildman–Crippen MR) is 82.5 cm³/mol. The normalized spacial score (nSPS) is 11.3. The Morgan fingerprint density at radius 3 is 2.05 bits per heavy atom. The van der Waals surface area contributed by atoms with Crippen molar-refractivity contribution in [3.05, 3.63) is 54.1 Å². The second-order valence-electron chi connectivity index (χ2n) is 4.86. The van der Waals surface area contributed by atoms with Crippen LogP contribution in [-0.4, -0.2) is 21.7 Å². The van der Waals surface area contributed by atoms with Gasteiger partial charge in [-0.05, 0) is 42.0 Å². The second-order valence-corrected chi connectivity index (χ2v) is 6.88. The van der Waals surface area contributed by atoms with E-state index in [0.717, 1.165) is 23.5 Å². The van der Waals surface area contributed by atoms with Crippen molar-refractivity contribution in [2.75, 3.05) is 23.9 Å². The Kier molecular flexibility index (Phi) is 3.99. The van der Waals surface area contributed by atoms with Crippen molar-refractivity contribution in [1.82, 2.24) is 0 Å². The average molecular weight is 290 g/mol. The quantitative estimate of drug-likeness (QED) is 0.878. The molecule has 0 saturated heterocycles. The lowest BCUT2D eigenvalue weighted by Gasteiger charge is -2.19. The molecule has 0 radical (unpaired) electrons. The Morgan fingerprint density at radius 1 is 1.00 bits per heavy atom.